The lowest BCUT2D eigenvalue weighted by atomic mass is 10.2. The standard InChI is InChI=1S/C14H18N4O2S/c1-4-13-16-17-14(21)18(13)15-9-10-6-7-11(19-3)12(8-10)20-5-2/h6-9H,4-5H2,1-3H3,(H,17,21)/b15-9-. The average Bonchev–Trinajstić information content (AvgIpc) is 2.86. The van der Waals surface area contributed by atoms with Crippen molar-refractivity contribution in [1.29, 1.82) is 0 Å². The van der Waals surface area contributed by atoms with E-state index in [2.05, 4.69) is 15.3 Å². The van der Waals surface area contributed by atoms with E-state index in [1.54, 1.807) is 18.0 Å². The van der Waals surface area contributed by atoms with E-state index in [0.29, 0.717) is 22.9 Å². The van der Waals surface area contributed by atoms with E-state index >= 15 is 0 Å². The molecule has 2 aromatic rings. The van der Waals surface area contributed by atoms with Crippen LogP contribution in [0.3, 0.4) is 0 Å². The largest absolute Gasteiger partial charge is 0.493 e. The molecule has 0 fully saturated rings. The molecule has 2 rings (SSSR count). The molecule has 6 nitrogen and oxygen atoms in total. The predicted molar refractivity (Wildman–Crippen MR) is 83.9 cm³/mol. The lowest BCUT2D eigenvalue weighted by Crippen LogP contribution is -1.99. The highest BCUT2D eigenvalue weighted by Gasteiger charge is 2.05. The molecule has 0 spiro atoms. The average molecular weight is 306 g/mol. The molecule has 1 heterocycles. The maximum absolute atomic E-state index is 5.54. The van der Waals surface area contributed by atoms with Crippen LogP contribution in [0.25, 0.3) is 0 Å². The van der Waals surface area contributed by atoms with Crippen LogP contribution < -0.4 is 9.47 Å². The van der Waals surface area contributed by atoms with Crippen LogP contribution in [0.2, 0.25) is 0 Å². The second-order valence-corrected chi connectivity index (χ2v) is 4.58. The van der Waals surface area contributed by atoms with Crippen molar-refractivity contribution in [2.75, 3.05) is 13.7 Å². The monoisotopic (exact) mass is 306 g/mol. The van der Waals surface area contributed by atoms with Crippen LogP contribution >= 0.6 is 12.2 Å². The Hall–Kier alpha value is -2.15. The van der Waals surface area contributed by atoms with E-state index in [-0.39, 0.29) is 0 Å². The highest BCUT2D eigenvalue weighted by molar-refractivity contribution is 7.71. The zero-order valence-corrected chi connectivity index (χ0v) is 13.1. The van der Waals surface area contributed by atoms with Crippen molar-refractivity contribution in [2.45, 2.75) is 20.3 Å². The first-order valence-electron chi connectivity index (χ1n) is 6.71. The van der Waals surface area contributed by atoms with Crippen LogP contribution in [0, 0.1) is 4.77 Å². The number of aromatic amines is 1. The third-order valence-corrected chi connectivity index (χ3v) is 3.11. The Bertz CT molecular complexity index is 691. The van der Waals surface area contributed by atoms with Crippen LogP contribution in [-0.4, -0.2) is 34.8 Å². The van der Waals surface area contributed by atoms with Crippen LogP contribution in [0.1, 0.15) is 25.2 Å². The van der Waals surface area contributed by atoms with E-state index in [0.717, 1.165) is 17.8 Å². The number of hydrogen-bond donors (Lipinski definition) is 1. The van der Waals surface area contributed by atoms with Gasteiger partial charge in [0, 0.05) is 6.42 Å². The zero-order valence-electron chi connectivity index (χ0n) is 12.3. The molecule has 1 N–H and O–H groups in total. The highest BCUT2D eigenvalue weighted by Crippen LogP contribution is 2.27. The third kappa shape index (κ3) is 3.49. The van der Waals surface area contributed by atoms with E-state index in [1.165, 1.54) is 0 Å². The van der Waals surface area contributed by atoms with Gasteiger partial charge in [0.25, 0.3) is 0 Å². The molecule has 0 atom stereocenters. The maximum atomic E-state index is 5.54. The molecule has 0 aliphatic carbocycles. The van der Waals surface area contributed by atoms with Gasteiger partial charge in [-0.05, 0) is 42.9 Å². The second kappa shape index (κ2) is 7.03. The predicted octanol–water partition coefficient (Wildman–Crippen LogP) is 2.79. The Kier molecular flexibility index (Phi) is 5.10. The van der Waals surface area contributed by atoms with Crippen molar-refractivity contribution in [3.05, 3.63) is 34.4 Å². The van der Waals surface area contributed by atoms with E-state index in [9.17, 15) is 0 Å². The summed E-state index contributed by atoms with van der Waals surface area (Å²) in [6, 6.07) is 5.63. The summed E-state index contributed by atoms with van der Waals surface area (Å²) in [7, 11) is 1.62. The Balaban J connectivity index is 2.30. The van der Waals surface area contributed by atoms with Gasteiger partial charge in [-0.3, -0.25) is 5.10 Å². The minimum atomic E-state index is 0.474. The summed E-state index contributed by atoms with van der Waals surface area (Å²) in [5.74, 6) is 2.17. The first-order chi connectivity index (χ1) is 10.2. The number of benzene rings is 1. The van der Waals surface area contributed by atoms with E-state index in [4.69, 9.17) is 21.7 Å². The van der Waals surface area contributed by atoms with Crippen LogP contribution in [0.4, 0.5) is 0 Å². The van der Waals surface area contributed by atoms with Gasteiger partial charge in [-0.1, -0.05) is 6.92 Å². The lowest BCUT2D eigenvalue weighted by Gasteiger charge is -2.09. The van der Waals surface area contributed by atoms with Crippen LogP contribution in [0.15, 0.2) is 23.3 Å². The van der Waals surface area contributed by atoms with Gasteiger partial charge in [-0.15, -0.1) is 0 Å². The fourth-order valence-corrected chi connectivity index (χ4v) is 2.04. The number of nitrogens with one attached hydrogen (secondary N) is 1. The number of aromatic nitrogens is 3. The van der Waals surface area contributed by atoms with E-state index in [1.807, 2.05) is 32.0 Å². The van der Waals surface area contributed by atoms with Gasteiger partial charge >= 0.3 is 0 Å². The number of hydrogen-bond acceptors (Lipinski definition) is 5. The number of aryl methyl sites for hydroxylation is 1. The van der Waals surface area contributed by atoms with Crippen molar-refractivity contribution < 1.29 is 9.47 Å². The third-order valence-electron chi connectivity index (χ3n) is 2.84. The minimum absolute atomic E-state index is 0.474. The first-order valence-corrected chi connectivity index (χ1v) is 7.11. The molecule has 0 aliphatic heterocycles. The fraction of sp³-hybridized carbons (Fsp3) is 0.357. The summed E-state index contributed by atoms with van der Waals surface area (Å²) in [6.45, 7) is 4.50. The molecule has 0 radical (unpaired) electrons. The number of nitrogens with zero attached hydrogens (tertiary/aromatic N) is 3. The molecule has 7 heteroatoms. The smallest absolute Gasteiger partial charge is 0.216 e. The van der Waals surface area contributed by atoms with Gasteiger partial charge in [0.15, 0.2) is 17.3 Å². The summed E-state index contributed by atoms with van der Waals surface area (Å²) in [5.41, 5.74) is 0.893. The zero-order chi connectivity index (χ0) is 15.2. The van der Waals surface area contributed by atoms with Gasteiger partial charge in [-0.2, -0.15) is 14.9 Å². The highest BCUT2D eigenvalue weighted by atomic mass is 32.1. The van der Waals surface area contributed by atoms with Crippen molar-refractivity contribution in [3.8, 4) is 11.5 Å². The van der Waals surface area contributed by atoms with Gasteiger partial charge in [0.1, 0.15) is 0 Å². The molecule has 0 bridgehead atoms. The Morgan fingerprint density at radius 3 is 2.86 bits per heavy atom. The van der Waals surface area contributed by atoms with Crippen molar-refractivity contribution in [1.82, 2.24) is 14.9 Å². The summed E-state index contributed by atoms with van der Waals surface area (Å²) in [4.78, 5) is 0. The molecule has 21 heavy (non-hydrogen) atoms. The molecule has 0 saturated carbocycles. The van der Waals surface area contributed by atoms with Gasteiger partial charge in [-0.25, -0.2) is 0 Å². The molecular weight excluding hydrogens is 288 g/mol. The fourth-order valence-electron chi connectivity index (χ4n) is 1.84. The Labute approximate surface area is 128 Å². The van der Waals surface area contributed by atoms with Gasteiger partial charge in [0.2, 0.25) is 4.77 Å². The normalized spacial score (nSPS) is 11.0. The summed E-state index contributed by atoms with van der Waals surface area (Å²) >= 11 is 5.15. The molecule has 1 aromatic heterocycles. The minimum Gasteiger partial charge on any atom is -0.493 e. The van der Waals surface area contributed by atoms with Gasteiger partial charge in [0.05, 0.1) is 19.9 Å². The number of rotatable bonds is 6. The quantitative estimate of drug-likeness (QED) is 0.658. The van der Waals surface area contributed by atoms with Crippen LogP contribution in [0.5, 0.6) is 11.5 Å². The molecule has 0 aliphatic rings. The molecule has 0 unspecified atom stereocenters. The van der Waals surface area contributed by atoms with E-state index < -0.39 is 0 Å². The molecule has 1 aromatic carbocycles. The molecule has 0 amide bonds. The summed E-state index contributed by atoms with van der Waals surface area (Å²) in [5, 5.41) is 11.2. The Morgan fingerprint density at radius 2 is 2.19 bits per heavy atom. The summed E-state index contributed by atoms with van der Waals surface area (Å²) in [6.07, 6.45) is 2.46. The van der Waals surface area contributed by atoms with Crippen LogP contribution in [-0.2, 0) is 6.42 Å². The van der Waals surface area contributed by atoms with Crippen molar-refractivity contribution in [3.63, 3.8) is 0 Å². The lowest BCUT2D eigenvalue weighted by molar-refractivity contribution is 0.311. The Morgan fingerprint density at radius 1 is 1.38 bits per heavy atom. The van der Waals surface area contributed by atoms with Gasteiger partial charge < -0.3 is 9.47 Å². The second-order valence-electron chi connectivity index (χ2n) is 4.20. The maximum Gasteiger partial charge on any atom is 0.216 e. The summed E-state index contributed by atoms with van der Waals surface area (Å²) < 4.78 is 12.9. The molecule has 112 valence electrons. The van der Waals surface area contributed by atoms with Crippen molar-refractivity contribution in [2.24, 2.45) is 5.10 Å². The first kappa shape index (κ1) is 15.2. The topological polar surface area (TPSA) is 64.4 Å². The SMILES string of the molecule is CCOc1cc(/C=N\n2c(CC)n[nH]c2=S)ccc1OC. The number of H-pyrrole nitrogens is 1. The number of methoxy groups -OCH3 is 1. The molecule has 0 saturated heterocycles. The van der Waals surface area contributed by atoms with Crippen molar-refractivity contribution >= 4 is 18.4 Å². The number of ether oxygens (including phenoxy) is 2. The molecular formula is C14H18N4O2S.